The van der Waals surface area contributed by atoms with Gasteiger partial charge in [0.1, 0.15) is 0 Å². The van der Waals surface area contributed by atoms with Crippen molar-refractivity contribution in [1.82, 2.24) is 10.2 Å². The molecule has 4 nitrogen and oxygen atoms in total. The van der Waals surface area contributed by atoms with Crippen LogP contribution in [0.5, 0.6) is 0 Å². The molecule has 1 fully saturated rings. The van der Waals surface area contributed by atoms with Crippen molar-refractivity contribution in [2.24, 2.45) is 5.73 Å². The molecule has 4 heteroatoms. The Morgan fingerprint density at radius 1 is 1.42 bits per heavy atom. The lowest BCUT2D eigenvalue weighted by atomic mass is 10.2. The average Bonchev–Trinajstić information content (AvgIpc) is 2.71. The summed E-state index contributed by atoms with van der Waals surface area (Å²) < 4.78 is 0. The number of nitrogens with one attached hydrogen (secondary N) is 1. The molecule has 0 spiro atoms. The lowest BCUT2D eigenvalue weighted by Gasteiger charge is -2.20. The molecule has 3 N–H and O–H groups in total. The molecule has 1 aromatic rings. The molecule has 104 valence electrons. The highest BCUT2D eigenvalue weighted by Crippen LogP contribution is 2.20. The minimum Gasteiger partial charge on any atom is -0.352 e. The predicted octanol–water partition coefficient (Wildman–Crippen LogP) is 1.11. The Morgan fingerprint density at radius 3 is 2.84 bits per heavy atom. The van der Waals surface area contributed by atoms with Crippen molar-refractivity contribution in [2.45, 2.75) is 38.4 Å². The first kappa shape index (κ1) is 14.0. The molecule has 2 atom stereocenters. The Kier molecular flexibility index (Phi) is 4.93. The number of carbonyl (C=O) groups is 1. The van der Waals surface area contributed by atoms with Crippen LogP contribution in [0.4, 0.5) is 0 Å². The van der Waals surface area contributed by atoms with Crippen LogP contribution in [0, 0.1) is 0 Å². The summed E-state index contributed by atoms with van der Waals surface area (Å²) >= 11 is 0. The van der Waals surface area contributed by atoms with Crippen molar-refractivity contribution >= 4 is 5.91 Å². The SMILES string of the molecule is C[C@@H]1C[C@H](NC(=O)CCN)CN1Cc1ccccc1. The number of nitrogens with zero attached hydrogens (tertiary/aromatic N) is 1. The van der Waals surface area contributed by atoms with E-state index in [4.69, 9.17) is 5.73 Å². The molecule has 0 aromatic heterocycles. The molecule has 0 saturated carbocycles. The molecular weight excluding hydrogens is 238 g/mol. The van der Waals surface area contributed by atoms with Crippen molar-refractivity contribution in [3.8, 4) is 0 Å². The van der Waals surface area contributed by atoms with Gasteiger partial charge in [0.15, 0.2) is 0 Å². The molecule has 1 aromatic carbocycles. The van der Waals surface area contributed by atoms with Gasteiger partial charge < -0.3 is 11.1 Å². The van der Waals surface area contributed by atoms with Crippen LogP contribution in [0.3, 0.4) is 0 Å². The van der Waals surface area contributed by atoms with Crippen molar-refractivity contribution in [1.29, 1.82) is 0 Å². The molecule has 0 radical (unpaired) electrons. The largest absolute Gasteiger partial charge is 0.352 e. The van der Waals surface area contributed by atoms with Gasteiger partial charge in [-0.05, 0) is 18.9 Å². The van der Waals surface area contributed by atoms with Crippen molar-refractivity contribution in [3.05, 3.63) is 35.9 Å². The Bertz CT molecular complexity index is 407. The standard InChI is InChI=1S/C15H23N3O/c1-12-9-14(17-15(19)7-8-16)11-18(12)10-13-5-3-2-4-6-13/h2-6,12,14H,7-11,16H2,1H3,(H,17,19)/t12-,14+/m1/s1. The first-order chi connectivity index (χ1) is 9.19. The number of carbonyl (C=O) groups excluding carboxylic acids is 1. The third kappa shape index (κ3) is 4.04. The molecule has 1 saturated heterocycles. The third-order valence-corrected chi connectivity index (χ3v) is 3.67. The van der Waals surface area contributed by atoms with Gasteiger partial charge in [-0.15, -0.1) is 0 Å². The van der Waals surface area contributed by atoms with Gasteiger partial charge in [-0.25, -0.2) is 0 Å². The van der Waals surface area contributed by atoms with Gasteiger partial charge in [0.05, 0.1) is 0 Å². The van der Waals surface area contributed by atoms with Gasteiger partial charge in [-0.2, -0.15) is 0 Å². The van der Waals surface area contributed by atoms with Crippen LogP contribution in [-0.4, -0.2) is 36.0 Å². The van der Waals surface area contributed by atoms with Crippen LogP contribution in [-0.2, 0) is 11.3 Å². The highest BCUT2D eigenvalue weighted by atomic mass is 16.1. The summed E-state index contributed by atoms with van der Waals surface area (Å²) in [5, 5.41) is 3.07. The minimum absolute atomic E-state index is 0.0706. The summed E-state index contributed by atoms with van der Waals surface area (Å²) in [6, 6.07) is 11.2. The summed E-state index contributed by atoms with van der Waals surface area (Å²) in [5.41, 5.74) is 6.71. The van der Waals surface area contributed by atoms with E-state index in [2.05, 4.69) is 41.4 Å². The second-order valence-corrected chi connectivity index (χ2v) is 5.30. The van der Waals surface area contributed by atoms with E-state index in [1.165, 1.54) is 5.56 Å². The van der Waals surface area contributed by atoms with Crippen molar-refractivity contribution in [2.75, 3.05) is 13.1 Å². The van der Waals surface area contributed by atoms with Crippen LogP contribution in [0.1, 0.15) is 25.3 Å². The van der Waals surface area contributed by atoms with Gasteiger partial charge in [-0.3, -0.25) is 9.69 Å². The van der Waals surface area contributed by atoms with E-state index in [1.807, 2.05) is 6.07 Å². The maximum absolute atomic E-state index is 11.6. The number of hydrogen-bond donors (Lipinski definition) is 2. The Labute approximate surface area is 115 Å². The quantitative estimate of drug-likeness (QED) is 0.835. The van der Waals surface area contributed by atoms with Crippen LogP contribution in [0.15, 0.2) is 30.3 Å². The fourth-order valence-electron chi connectivity index (χ4n) is 2.67. The lowest BCUT2D eigenvalue weighted by Crippen LogP contribution is -2.37. The first-order valence-electron chi connectivity index (χ1n) is 6.96. The molecule has 2 rings (SSSR count). The van der Waals surface area contributed by atoms with Crippen LogP contribution in [0.25, 0.3) is 0 Å². The smallest absolute Gasteiger partial charge is 0.221 e. The van der Waals surface area contributed by atoms with E-state index in [9.17, 15) is 4.79 Å². The fraction of sp³-hybridized carbons (Fsp3) is 0.533. The molecule has 1 aliphatic heterocycles. The third-order valence-electron chi connectivity index (χ3n) is 3.67. The normalized spacial score (nSPS) is 23.5. The van der Waals surface area contributed by atoms with E-state index in [0.717, 1.165) is 19.5 Å². The number of rotatable bonds is 5. The minimum atomic E-state index is 0.0706. The summed E-state index contributed by atoms with van der Waals surface area (Å²) in [4.78, 5) is 14.0. The zero-order valence-electron chi connectivity index (χ0n) is 11.5. The Balaban J connectivity index is 1.85. The molecule has 0 bridgehead atoms. The molecule has 1 aliphatic rings. The maximum atomic E-state index is 11.6. The van der Waals surface area contributed by atoms with Crippen LogP contribution in [0.2, 0.25) is 0 Å². The second kappa shape index (κ2) is 6.68. The summed E-state index contributed by atoms with van der Waals surface area (Å²) in [6.07, 6.45) is 1.44. The monoisotopic (exact) mass is 261 g/mol. The molecular formula is C15H23N3O. The van der Waals surface area contributed by atoms with E-state index in [1.54, 1.807) is 0 Å². The second-order valence-electron chi connectivity index (χ2n) is 5.30. The number of likely N-dealkylation sites (tertiary alicyclic amines) is 1. The Morgan fingerprint density at radius 2 is 2.16 bits per heavy atom. The highest BCUT2D eigenvalue weighted by molar-refractivity contribution is 5.76. The summed E-state index contributed by atoms with van der Waals surface area (Å²) in [6.45, 7) is 4.51. The van der Waals surface area contributed by atoms with E-state index in [0.29, 0.717) is 19.0 Å². The van der Waals surface area contributed by atoms with Gasteiger partial charge >= 0.3 is 0 Å². The molecule has 1 heterocycles. The number of nitrogens with two attached hydrogens (primary N) is 1. The number of amides is 1. The highest BCUT2D eigenvalue weighted by Gasteiger charge is 2.29. The number of hydrogen-bond acceptors (Lipinski definition) is 3. The number of benzene rings is 1. The van der Waals surface area contributed by atoms with E-state index >= 15 is 0 Å². The molecule has 0 aliphatic carbocycles. The van der Waals surface area contributed by atoms with E-state index in [-0.39, 0.29) is 11.9 Å². The predicted molar refractivity (Wildman–Crippen MR) is 76.5 cm³/mol. The fourth-order valence-corrected chi connectivity index (χ4v) is 2.67. The zero-order chi connectivity index (χ0) is 13.7. The average molecular weight is 261 g/mol. The molecule has 0 unspecified atom stereocenters. The van der Waals surface area contributed by atoms with Crippen molar-refractivity contribution < 1.29 is 4.79 Å². The zero-order valence-corrected chi connectivity index (χ0v) is 11.5. The topological polar surface area (TPSA) is 58.4 Å². The first-order valence-corrected chi connectivity index (χ1v) is 6.96. The summed E-state index contributed by atoms with van der Waals surface area (Å²) in [5.74, 6) is 0.0706. The van der Waals surface area contributed by atoms with Crippen LogP contribution >= 0.6 is 0 Å². The van der Waals surface area contributed by atoms with Gasteiger partial charge in [0.2, 0.25) is 5.91 Å². The molecule has 1 amide bonds. The van der Waals surface area contributed by atoms with Gasteiger partial charge in [0.25, 0.3) is 0 Å². The van der Waals surface area contributed by atoms with Gasteiger partial charge in [0, 0.05) is 38.1 Å². The van der Waals surface area contributed by atoms with Crippen LogP contribution < -0.4 is 11.1 Å². The van der Waals surface area contributed by atoms with Gasteiger partial charge in [-0.1, -0.05) is 30.3 Å². The molecule has 19 heavy (non-hydrogen) atoms. The van der Waals surface area contributed by atoms with E-state index < -0.39 is 0 Å². The Hall–Kier alpha value is -1.39. The summed E-state index contributed by atoms with van der Waals surface area (Å²) in [7, 11) is 0. The lowest BCUT2D eigenvalue weighted by molar-refractivity contribution is -0.121. The van der Waals surface area contributed by atoms with Crippen molar-refractivity contribution in [3.63, 3.8) is 0 Å². The maximum Gasteiger partial charge on any atom is 0.221 e.